The molecule has 3 heteroatoms. The zero-order valence-corrected chi connectivity index (χ0v) is 13.3. The van der Waals surface area contributed by atoms with E-state index in [0.29, 0.717) is 12.8 Å². The molecule has 120 valence electrons. The van der Waals surface area contributed by atoms with Crippen molar-refractivity contribution >= 4 is 0 Å². The van der Waals surface area contributed by atoms with Crippen LogP contribution in [0.2, 0.25) is 0 Å². The van der Waals surface area contributed by atoms with Gasteiger partial charge in [-0.15, -0.1) is 0 Å². The number of pyridine rings is 1. The summed E-state index contributed by atoms with van der Waals surface area (Å²) >= 11 is 0. The summed E-state index contributed by atoms with van der Waals surface area (Å²) < 4.78 is 13.2. The first-order chi connectivity index (χ1) is 11.7. The third kappa shape index (κ3) is 2.61. The Morgan fingerprint density at radius 1 is 0.875 bits per heavy atom. The molecule has 0 atom stereocenters. The first-order valence-corrected chi connectivity index (χ1v) is 8.20. The SMILES string of the molecule is NC1(c2ccc(-c3ncccc3-c3ccccc3)cc2)CC(F)C1. The number of hydrogen-bond acceptors (Lipinski definition) is 2. The summed E-state index contributed by atoms with van der Waals surface area (Å²) in [6.45, 7) is 0. The van der Waals surface area contributed by atoms with Crippen molar-refractivity contribution in [2.75, 3.05) is 0 Å². The van der Waals surface area contributed by atoms with Gasteiger partial charge in [-0.05, 0) is 17.2 Å². The third-order valence-electron chi connectivity index (χ3n) is 4.80. The highest BCUT2D eigenvalue weighted by Crippen LogP contribution is 2.41. The highest BCUT2D eigenvalue weighted by Gasteiger charge is 2.42. The smallest absolute Gasteiger partial charge is 0.104 e. The van der Waals surface area contributed by atoms with Gasteiger partial charge in [-0.2, -0.15) is 0 Å². The molecule has 1 aliphatic carbocycles. The standard InChI is InChI=1S/C21H19FN2/c22-18-13-21(23,14-18)17-10-8-16(9-11-17)20-19(7-4-12-24-20)15-5-2-1-3-6-15/h1-12,18H,13-14,23H2. The largest absolute Gasteiger partial charge is 0.321 e. The van der Waals surface area contributed by atoms with Crippen molar-refractivity contribution in [1.29, 1.82) is 0 Å². The van der Waals surface area contributed by atoms with Crippen LogP contribution in [0.1, 0.15) is 18.4 Å². The molecular formula is C21H19FN2. The fraction of sp³-hybridized carbons (Fsp3) is 0.190. The van der Waals surface area contributed by atoms with E-state index in [2.05, 4.69) is 23.2 Å². The number of halogens is 1. The monoisotopic (exact) mass is 318 g/mol. The number of nitrogens with two attached hydrogens (primary N) is 1. The molecule has 1 aromatic heterocycles. The van der Waals surface area contributed by atoms with Gasteiger partial charge in [0.05, 0.1) is 5.69 Å². The van der Waals surface area contributed by atoms with Gasteiger partial charge in [-0.25, -0.2) is 4.39 Å². The van der Waals surface area contributed by atoms with Gasteiger partial charge in [0.25, 0.3) is 0 Å². The molecule has 2 N–H and O–H groups in total. The van der Waals surface area contributed by atoms with Gasteiger partial charge in [-0.1, -0.05) is 60.7 Å². The normalized spacial score (nSPS) is 22.8. The number of aromatic nitrogens is 1. The van der Waals surface area contributed by atoms with Crippen LogP contribution in [-0.4, -0.2) is 11.2 Å². The van der Waals surface area contributed by atoms with Gasteiger partial charge in [0, 0.05) is 35.7 Å². The van der Waals surface area contributed by atoms with Crippen LogP contribution < -0.4 is 5.73 Å². The van der Waals surface area contributed by atoms with Crippen molar-refractivity contribution < 1.29 is 4.39 Å². The Bertz CT molecular complexity index is 837. The molecule has 0 aliphatic heterocycles. The Kier molecular flexibility index (Phi) is 3.66. The van der Waals surface area contributed by atoms with Crippen LogP contribution >= 0.6 is 0 Å². The molecule has 0 unspecified atom stereocenters. The summed E-state index contributed by atoms with van der Waals surface area (Å²) in [5.74, 6) is 0. The molecule has 0 saturated heterocycles. The molecule has 2 aromatic carbocycles. The van der Waals surface area contributed by atoms with E-state index >= 15 is 0 Å². The predicted molar refractivity (Wildman–Crippen MR) is 95.1 cm³/mol. The second-order valence-corrected chi connectivity index (χ2v) is 6.50. The summed E-state index contributed by atoms with van der Waals surface area (Å²) in [6, 6.07) is 22.3. The maximum Gasteiger partial charge on any atom is 0.104 e. The van der Waals surface area contributed by atoms with E-state index < -0.39 is 11.7 Å². The van der Waals surface area contributed by atoms with Crippen molar-refractivity contribution in [3.63, 3.8) is 0 Å². The zero-order valence-electron chi connectivity index (χ0n) is 13.3. The van der Waals surface area contributed by atoms with Crippen LogP contribution in [0.4, 0.5) is 4.39 Å². The molecule has 24 heavy (non-hydrogen) atoms. The maximum atomic E-state index is 13.2. The van der Waals surface area contributed by atoms with Crippen LogP contribution in [0, 0.1) is 0 Å². The second kappa shape index (κ2) is 5.84. The van der Waals surface area contributed by atoms with Gasteiger partial charge in [0.2, 0.25) is 0 Å². The molecule has 0 radical (unpaired) electrons. The van der Waals surface area contributed by atoms with Crippen LogP contribution in [0.25, 0.3) is 22.4 Å². The molecule has 1 saturated carbocycles. The summed E-state index contributed by atoms with van der Waals surface area (Å²) in [7, 11) is 0. The fourth-order valence-corrected chi connectivity index (χ4v) is 3.41. The van der Waals surface area contributed by atoms with E-state index in [4.69, 9.17) is 5.73 Å². The van der Waals surface area contributed by atoms with Crippen molar-refractivity contribution in [1.82, 2.24) is 4.98 Å². The molecule has 0 bridgehead atoms. The van der Waals surface area contributed by atoms with E-state index in [-0.39, 0.29) is 0 Å². The molecule has 0 amide bonds. The van der Waals surface area contributed by atoms with E-state index in [1.807, 2.05) is 48.5 Å². The molecular weight excluding hydrogens is 299 g/mol. The molecule has 0 spiro atoms. The molecule has 2 nitrogen and oxygen atoms in total. The van der Waals surface area contributed by atoms with E-state index in [1.54, 1.807) is 6.20 Å². The lowest BCUT2D eigenvalue weighted by Crippen LogP contribution is -2.50. The Morgan fingerprint density at radius 2 is 1.58 bits per heavy atom. The third-order valence-corrected chi connectivity index (χ3v) is 4.80. The first kappa shape index (κ1) is 15.0. The van der Waals surface area contributed by atoms with Gasteiger partial charge in [-0.3, -0.25) is 4.98 Å². The summed E-state index contributed by atoms with van der Waals surface area (Å²) in [5, 5.41) is 0. The van der Waals surface area contributed by atoms with Crippen molar-refractivity contribution in [3.8, 4) is 22.4 Å². The molecule has 1 heterocycles. The lowest BCUT2D eigenvalue weighted by Gasteiger charge is -2.41. The fourth-order valence-electron chi connectivity index (χ4n) is 3.41. The predicted octanol–water partition coefficient (Wildman–Crippen LogP) is 4.70. The quantitative estimate of drug-likeness (QED) is 0.760. The first-order valence-electron chi connectivity index (χ1n) is 8.20. The highest BCUT2D eigenvalue weighted by molar-refractivity contribution is 5.80. The average molecular weight is 318 g/mol. The minimum atomic E-state index is -0.768. The Balaban J connectivity index is 1.70. The van der Waals surface area contributed by atoms with Gasteiger partial charge >= 0.3 is 0 Å². The lowest BCUT2D eigenvalue weighted by molar-refractivity contribution is 0.0986. The number of hydrogen-bond donors (Lipinski definition) is 1. The molecule has 4 rings (SSSR count). The Morgan fingerprint density at radius 3 is 2.25 bits per heavy atom. The van der Waals surface area contributed by atoms with E-state index in [9.17, 15) is 4.39 Å². The average Bonchev–Trinajstić information content (AvgIpc) is 2.61. The minimum Gasteiger partial charge on any atom is -0.321 e. The van der Waals surface area contributed by atoms with Crippen LogP contribution in [0.15, 0.2) is 72.9 Å². The minimum absolute atomic E-state index is 0.408. The summed E-state index contributed by atoms with van der Waals surface area (Å²) in [5.41, 5.74) is 11.0. The molecule has 3 aromatic rings. The molecule has 1 fully saturated rings. The van der Waals surface area contributed by atoms with E-state index in [0.717, 1.165) is 27.9 Å². The van der Waals surface area contributed by atoms with Crippen LogP contribution in [-0.2, 0) is 5.54 Å². The Labute approximate surface area is 141 Å². The second-order valence-electron chi connectivity index (χ2n) is 6.50. The highest BCUT2D eigenvalue weighted by atomic mass is 19.1. The van der Waals surface area contributed by atoms with Crippen molar-refractivity contribution in [3.05, 3.63) is 78.5 Å². The summed E-state index contributed by atoms with van der Waals surface area (Å²) in [4.78, 5) is 4.57. The topological polar surface area (TPSA) is 38.9 Å². The Hall–Kier alpha value is -2.52. The van der Waals surface area contributed by atoms with Crippen LogP contribution in [0.3, 0.4) is 0 Å². The van der Waals surface area contributed by atoms with Crippen molar-refractivity contribution in [2.45, 2.75) is 24.6 Å². The summed E-state index contributed by atoms with van der Waals surface area (Å²) in [6.07, 6.45) is 1.85. The zero-order chi connectivity index (χ0) is 16.6. The number of rotatable bonds is 3. The van der Waals surface area contributed by atoms with E-state index in [1.165, 1.54) is 0 Å². The van der Waals surface area contributed by atoms with Crippen LogP contribution in [0.5, 0.6) is 0 Å². The lowest BCUT2D eigenvalue weighted by atomic mass is 9.71. The maximum absolute atomic E-state index is 13.2. The van der Waals surface area contributed by atoms with Gasteiger partial charge in [0.15, 0.2) is 0 Å². The van der Waals surface area contributed by atoms with Gasteiger partial charge in [0.1, 0.15) is 6.17 Å². The number of alkyl halides is 1. The van der Waals surface area contributed by atoms with Gasteiger partial charge < -0.3 is 5.73 Å². The number of benzene rings is 2. The molecule has 1 aliphatic rings. The number of nitrogens with zero attached hydrogens (tertiary/aromatic N) is 1. The van der Waals surface area contributed by atoms with Crippen molar-refractivity contribution in [2.24, 2.45) is 5.73 Å².